The summed E-state index contributed by atoms with van der Waals surface area (Å²) in [4.78, 5) is 10.5. The zero-order valence-corrected chi connectivity index (χ0v) is 17.6. The molecule has 0 aromatic heterocycles. The molecule has 0 bridgehead atoms. The average Bonchev–Trinajstić information content (AvgIpc) is 2.69. The van der Waals surface area contributed by atoms with E-state index in [1.165, 1.54) is 16.4 Å². The van der Waals surface area contributed by atoms with Crippen LogP contribution in [0.25, 0.3) is 0 Å². The van der Waals surface area contributed by atoms with E-state index in [1.807, 2.05) is 31.2 Å². The second kappa shape index (κ2) is 8.56. The van der Waals surface area contributed by atoms with Crippen LogP contribution in [0.1, 0.15) is 18.5 Å². The Morgan fingerprint density at radius 2 is 1.89 bits per heavy atom. The van der Waals surface area contributed by atoms with Gasteiger partial charge in [0.2, 0.25) is 10.0 Å². The highest BCUT2D eigenvalue weighted by Crippen LogP contribution is 2.33. The van der Waals surface area contributed by atoms with Crippen LogP contribution in [0.5, 0.6) is 0 Å². The number of nitro benzene ring substituents is 1. The summed E-state index contributed by atoms with van der Waals surface area (Å²) >= 11 is 3.49. The Balaban J connectivity index is 2.01. The van der Waals surface area contributed by atoms with E-state index < -0.39 is 14.9 Å². The first kappa shape index (κ1) is 20.7. The number of hydrogen-bond acceptors (Lipinski definition) is 6. The van der Waals surface area contributed by atoms with Crippen molar-refractivity contribution in [2.75, 3.05) is 31.6 Å². The Morgan fingerprint density at radius 3 is 2.54 bits per heavy atom. The van der Waals surface area contributed by atoms with Crippen LogP contribution >= 0.6 is 15.9 Å². The Bertz CT molecular complexity index is 977. The molecule has 10 heteroatoms. The quantitative estimate of drug-likeness (QED) is 0.512. The first-order valence-electron chi connectivity index (χ1n) is 8.68. The molecule has 0 unspecified atom stereocenters. The van der Waals surface area contributed by atoms with Crippen LogP contribution in [-0.4, -0.2) is 43.9 Å². The van der Waals surface area contributed by atoms with Crippen LogP contribution in [0.15, 0.2) is 51.8 Å². The summed E-state index contributed by atoms with van der Waals surface area (Å²) in [7, 11) is -3.91. The number of benzene rings is 2. The molecule has 150 valence electrons. The molecule has 0 spiro atoms. The van der Waals surface area contributed by atoms with Crippen molar-refractivity contribution in [1.82, 2.24) is 4.31 Å². The molecule has 2 aromatic rings. The lowest BCUT2D eigenvalue weighted by molar-refractivity contribution is -0.385. The van der Waals surface area contributed by atoms with Gasteiger partial charge in [-0.15, -0.1) is 0 Å². The number of nitro groups is 1. The van der Waals surface area contributed by atoms with Gasteiger partial charge in [-0.05, 0) is 24.6 Å². The molecule has 0 radical (unpaired) electrons. The third-order valence-electron chi connectivity index (χ3n) is 4.51. The summed E-state index contributed by atoms with van der Waals surface area (Å²) in [5, 5.41) is 14.4. The van der Waals surface area contributed by atoms with E-state index in [-0.39, 0.29) is 29.7 Å². The van der Waals surface area contributed by atoms with E-state index in [9.17, 15) is 18.5 Å². The molecule has 3 rings (SSSR count). The van der Waals surface area contributed by atoms with Gasteiger partial charge in [-0.3, -0.25) is 10.1 Å². The number of hydrogen-bond donors (Lipinski definition) is 1. The minimum Gasteiger partial charge on any atom is -0.379 e. The lowest BCUT2D eigenvalue weighted by Crippen LogP contribution is -2.40. The van der Waals surface area contributed by atoms with Gasteiger partial charge in [0.25, 0.3) is 5.69 Å². The Morgan fingerprint density at radius 1 is 1.21 bits per heavy atom. The predicted octanol–water partition coefficient (Wildman–Crippen LogP) is 3.55. The number of nitrogens with zero attached hydrogens (tertiary/aromatic N) is 2. The van der Waals surface area contributed by atoms with Gasteiger partial charge in [0, 0.05) is 35.7 Å². The van der Waals surface area contributed by atoms with Crippen molar-refractivity contribution in [3.05, 3.63) is 62.6 Å². The molecular weight excluding hydrogens is 450 g/mol. The van der Waals surface area contributed by atoms with Gasteiger partial charge in [-0.25, -0.2) is 8.42 Å². The van der Waals surface area contributed by atoms with Crippen LogP contribution in [0.3, 0.4) is 0 Å². The molecule has 8 nitrogen and oxygen atoms in total. The molecule has 0 aliphatic carbocycles. The molecule has 1 N–H and O–H groups in total. The fourth-order valence-corrected chi connectivity index (χ4v) is 5.23. The molecule has 1 atom stereocenters. The number of nitrogens with one attached hydrogen (secondary N) is 1. The van der Waals surface area contributed by atoms with E-state index in [1.54, 1.807) is 0 Å². The van der Waals surface area contributed by atoms with Crippen molar-refractivity contribution in [2.24, 2.45) is 0 Å². The van der Waals surface area contributed by atoms with E-state index in [0.29, 0.717) is 18.9 Å². The molecule has 1 fully saturated rings. The van der Waals surface area contributed by atoms with Crippen LogP contribution in [0.2, 0.25) is 0 Å². The van der Waals surface area contributed by atoms with Crippen LogP contribution < -0.4 is 5.32 Å². The second-order valence-corrected chi connectivity index (χ2v) is 9.10. The first-order chi connectivity index (χ1) is 13.3. The van der Waals surface area contributed by atoms with Gasteiger partial charge in [0.15, 0.2) is 0 Å². The normalized spacial score (nSPS) is 16.5. The van der Waals surface area contributed by atoms with Gasteiger partial charge in [0.1, 0.15) is 4.90 Å². The summed E-state index contributed by atoms with van der Waals surface area (Å²) in [6.45, 7) is 2.91. The average molecular weight is 470 g/mol. The fraction of sp³-hybridized carbons (Fsp3) is 0.333. The molecule has 0 amide bonds. The highest BCUT2D eigenvalue weighted by molar-refractivity contribution is 9.10. The maximum absolute atomic E-state index is 13.2. The SMILES string of the molecule is C[C@@H](Nc1ccc([N+](=O)[O-])cc1S(=O)(=O)N1CCOCC1)c1ccccc1Br. The number of sulfonamides is 1. The number of ether oxygens (including phenoxy) is 1. The highest BCUT2D eigenvalue weighted by Gasteiger charge is 2.30. The number of rotatable bonds is 6. The van der Waals surface area contributed by atoms with Gasteiger partial charge < -0.3 is 10.1 Å². The van der Waals surface area contributed by atoms with Crippen molar-refractivity contribution < 1.29 is 18.1 Å². The van der Waals surface area contributed by atoms with Gasteiger partial charge in [-0.1, -0.05) is 34.1 Å². The van der Waals surface area contributed by atoms with Crippen LogP contribution in [0.4, 0.5) is 11.4 Å². The largest absolute Gasteiger partial charge is 0.379 e. The zero-order valence-electron chi connectivity index (χ0n) is 15.2. The molecular formula is C18H20BrN3O5S. The monoisotopic (exact) mass is 469 g/mol. The summed E-state index contributed by atoms with van der Waals surface area (Å²) in [5.41, 5.74) is 0.988. The Labute approximate surface area is 171 Å². The predicted molar refractivity (Wildman–Crippen MR) is 109 cm³/mol. The molecule has 1 heterocycles. The second-order valence-electron chi connectivity index (χ2n) is 6.34. The topological polar surface area (TPSA) is 102 Å². The third kappa shape index (κ3) is 4.35. The molecule has 1 saturated heterocycles. The molecule has 2 aromatic carbocycles. The van der Waals surface area contributed by atoms with Crippen LogP contribution in [0, 0.1) is 10.1 Å². The number of morpholine rings is 1. The van der Waals surface area contributed by atoms with Crippen LogP contribution in [-0.2, 0) is 14.8 Å². The summed E-state index contributed by atoms with van der Waals surface area (Å²) in [6.07, 6.45) is 0. The molecule has 1 aliphatic heterocycles. The maximum atomic E-state index is 13.2. The summed E-state index contributed by atoms with van der Waals surface area (Å²) in [6, 6.07) is 11.2. The highest BCUT2D eigenvalue weighted by atomic mass is 79.9. The lowest BCUT2D eigenvalue weighted by atomic mass is 10.1. The summed E-state index contributed by atoms with van der Waals surface area (Å²) < 4.78 is 33.7. The Hall–Kier alpha value is -2.01. The van der Waals surface area contributed by atoms with E-state index >= 15 is 0 Å². The molecule has 0 saturated carbocycles. The molecule has 1 aliphatic rings. The third-order valence-corrected chi connectivity index (χ3v) is 7.17. The van der Waals surface area contributed by atoms with E-state index in [4.69, 9.17) is 4.74 Å². The number of halogens is 1. The minimum absolute atomic E-state index is 0.109. The van der Waals surface area contributed by atoms with Crippen molar-refractivity contribution in [3.63, 3.8) is 0 Å². The van der Waals surface area contributed by atoms with Crippen molar-refractivity contribution in [3.8, 4) is 0 Å². The van der Waals surface area contributed by atoms with Gasteiger partial charge >= 0.3 is 0 Å². The lowest BCUT2D eigenvalue weighted by Gasteiger charge is -2.27. The fourth-order valence-electron chi connectivity index (χ4n) is 3.02. The van der Waals surface area contributed by atoms with E-state index in [0.717, 1.165) is 16.1 Å². The standard InChI is InChI=1S/C18H20BrN3O5S/c1-13(15-4-2-3-5-16(15)19)20-17-7-6-14(22(23)24)12-18(17)28(25,26)21-8-10-27-11-9-21/h2-7,12-13,20H,8-11H2,1H3/t13-/m1/s1. The van der Waals surface area contributed by atoms with Crippen molar-refractivity contribution in [1.29, 1.82) is 0 Å². The number of anilines is 1. The Kier molecular flexibility index (Phi) is 6.33. The van der Waals surface area contributed by atoms with E-state index in [2.05, 4.69) is 21.2 Å². The minimum atomic E-state index is -3.91. The van der Waals surface area contributed by atoms with Gasteiger partial charge in [-0.2, -0.15) is 4.31 Å². The zero-order chi connectivity index (χ0) is 20.3. The molecule has 28 heavy (non-hydrogen) atoms. The van der Waals surface area contributed by atoms with Crippen molar-refractivity contribution in [2.45, 2.75) is 17.9 Å². The number of non-ortho nitro benzene ring substituents is 1. The van der Waals surface area contributed by atoms with Crippen molar-refractivity contribution >= 4 is 37.3 Å². The first-order valence-corrected chi connectivity index (χ1v) is 10.9. The van der Waals surface area contributed by atoms with Gasteiger partial charge in [0.05, 0.1) is 23.8 Å². The maximum Gasteiger partial charge on any atom is 0.270 e. The summed E-state index contributed by atoms with van der Waals surface area (Å²) in [5.74, 6) is 0. The smallest absolute Gasteiger partial charge is 0.270 e.